The fourth-order valence-electron chi connectivity index (χ4n) is 4.24. The van der Waals surface area contributed by atoms with Gasteiger partial charge in [0.1, 0.15) is 0 Å². The number of nitrogens with one attached hydrogen (secondary N) is 1. The van der Waals surface area contributed by atoms with Crippen LogP contribution in [-0.4, -0.2) is 29.4 Å². The van der Waals surface area contributed by atoms with Crippen molar-refractivity contribution in [2.75, 3.05) is 7.11 Å². The average Bonchev–Trinajstić information content (AvgIpc) is 3.48. The Hall–Kier alpha value is -4.00. The summed E-state index contributed by atoms with van der Waals surface area (Å²) in [7, 11) is 1.28. The Morgan fingerprint density at radius 2 is 1.39 bits per heavy atom. The Kier molecular flexibility index (Phi) is 5.25. The van der Waals surface area contributed by atoms with Crippen LogP contribution in [0.2, 0.25) is 0 Å². The third kappa shape index (κ3) is 3.54. The smallest absolute Gasteiger partial charge is 0.332 e. The van der Waals surface area contributed by atoms with E-state index in [9.17, 15) is 19.7 Å². The summed E-state index contributed by atoms with van der Waals surface area (Å²) in [5.74, 6) is -1.77. The lowest BCUT2D eigenvalue weighted by Crippen LogP contribution is -2.46. The van der Waals surface area contributed by atoms with Crippen molar-refractivity contribution in [3.63, 3.8) is 0 Å². The summed E-state index contributed by atoms with van der Waals surface area (Å²) in [4.78, 5) is 36.6. The van der Waals surface area contributed by atoms with E-state index in [1.165, 1.54) is 19.2 Å². The number of nitro groups is 1. The summed E-state index contributed by atoms with van der Waals surface area (Å²) in [5.41, 5.74) is 0.631. The lowest BCUT2D eigenvalue weighted by atomic mass is 10.0. The molecule has 0 heterocycles. The van der Waals surface area contributed by atoms with Crippen LogP contribution in [0.3, 0.4) is 0 Å². The van der Waals surface area contributed by atoms with Gasteiger partial charge in [0.05, 0.1) is 12.0 Å². The van der Waals surface area contributed by atoms with Crippen LogP contribution in [0.15, 0.2) is 84.9 Å². The first-order valence-corrected chi connectivity index (χ1v) is 9.74. The first-order valence-electron chi connectivity index (χ1n) is 9.74. The van der Waals surface area contributed by atoms with Crippen molar-refractivity contribution in [2.45, 2.75) is 17.4 Å². The van der Waals surface area contributed by atoms with E-state index in [0.717, 1.165) is 5.56 Å². The first-order chi connectivity index (χ1) is 15.0. The Bertz CT molecular complexity index is 1120. The van der Waals surface area contributed by atoms with Gasteiger partial charge in [0, 0.05) is 29.5 Å². The molecule has 0 bridgehead atoms. The summed E-state index contributed by atoms with van der Waals surface area (Å²) in [6.45, 7) is 0. The normalized spacial score (nSPS) is 21.7. The van der Waals surface area contributed by atoms with Gasteiger partial charge in [-0.25, -0.2) is 4.79 Å². The maximum atomic E-state index is 13.1. The quantitative estimate of drug-likeness (QED) is 0.374. The number of nitrogens with zero attached hydrogens (tertiary/aromatic N) is 1. The van der Waals surface area contributed by atoms with Gasteiger partial charge in [0.2, 0.25) is 0 Å². The van der Waals surface area contributed by atoms with Gasteiger partial charge < -0.3 is 10.1 Å². The number of carbonyl (C=O) groups is 2. The zero-order valence-electron chi connectivity index (χ0n) is 16.7. The molecule has 4 rings (SSSR count). The Labute approximate surface area is 178 Å². The molecule has 1 N–H and O–H groups in total. The molecule has 1 amide bonds. The molecule has 0 aromatic heterocycles. The molecule has 3 atom stereocenters. The minimum atomic E-state index is -1.32. The molecular formula is C24H20N2O5. The van der Waals surface area contributed by atoms with Gasteiger partial charge in [-0.3, -0.25) is 14.9 Å². The van der Waals surface area contributed by atoms with Gasteiger partial charge in [0.25, 0.3) is 11.6 Å². The molecule has 0 spiro atoms. The maximum absolute atomic E-state index is 13.1. The highest BCUT2D eigenvalue weighted by atomic mass is 16.6. The number of benzene rings is 3. The monoisotopic (exact) mass is 416 g/mol. The molecule has 7 nitrogen and oxygen atoms in total. The van der Waals surface area contributed by atoms with Gasteiger partial charge in [-0.2, -0.15) is 0 Å². The van der Waals surface area contributed by atoms with E-state index >= 15 is 0 Å². The van der Waals surface area contributed by atoms with Gasteiger partial charge in [0.15, 0.2) is 5.54 Å². The van der Waals surface area contributed by atoms with Crippen LogP contribution in [0.1, 0.15) is 33.3 Å². The van der Waals surface area contributed by atoms with Crippen LogP contribution in [0.5, 0.6) is 0 Å². The van der Waals surface area contributed by atoms with Crippen molar-refractivity contribution in [2.24, 2.45) is 0 Å². The van der Waals surface area contributed by atoms with Gasteiger partial charge in [-0.15, -0.1) is 0 Å². The molecule has 1 aliphatic carbocycles. The standard InChI is InChI=1S/C24H20N2O5/c1-31-23(28)24(25-22(27)18-10-6-3-7-11-18)20(16-8-4-2-5-9-16)21(24)17-12-14-19(15-13-17)26(29)30/h2-15,20-21H,1H3,(H,25,27)/t20-,21-,24+/m1/s1. The number of esters is 1. The highest BCUT2D eigenvalue weighted by molar-refractivity contribution is 6.01. The highest BCUT2D eigenvalue weighted by Crippen LogP contribution is 2.64. The fraction of sp³-hybridized carbons (Fsp3) is 0.167. The summed E-state index contributed by atoms with van der Waals surface area (Å²) in [5, 5.41) is 14.0. The zero-order valence-corrected chi connectivity index (χ0v) is 16.7. The molecule has 0 unspecified atom stereocenters. The Morgan fingerprint density at radius 1 is 0.871 bits per heavy atom. The Morgan fingerprint density at radius 3 is 1.90 bits per heavy atom. The van der Waals surface area contributed by atoms with Crippen molar-refractivity contribution in [1.82, 2.24) is 5.32 Å². The van der Waals surface area contributed by atoms with Crippen LogP contribution in [0, 0.1) is 10.1 Å². The van der Waals surface area contributed by atoms with Crippen LogP contribution >= 0.6 is 0 Å². The molecule has 1 saturated carbocycles. The number of ether oxygens (including phenoxy) is 1. The van der Waals surface area contributed by atoms with Crippen molar-refractivity contribution >= 4 is 17.6 Å². The maximum Gasteiger partial charge on any atom is 0.332 e. The number of amides is 1. The zero-order chi connectivity index (χ0) is 22.0. The number of methoxy groups -OCH3 is 1. The summed E-state index contributed by atoms with van der Waals surface area (Å²) in [6, 6.07) is 24.1. The van der Waals surface area contributed by atoms with Gasteiger partial charge in [-0.1, -0.05) is 60.7 Å². The average molecular weight is 416 g/mol. The third-order valence-electron chi connectivity index (χ3n) is 5.71. The minimum absolute atomic E-state index is 0.0438. The van der Waals surface area contributed by atoms with Crippen LogP contribution < -0.4 is 5.32 Å². The molecule has 1 aliphatic rings. The third-order valence-corrected chi connectivity index (χ3v) is 5.71. The SMILES string of the molecule is COC(=O)[C@]1(NC(=O)c2ccccc2)[C@H](c2ccccc2)[C@H]1c1ccc([N+](=O)[O-])cc1. The molecule has 3 aromatic rings. The van der Waals surface area contributed by atoms with E-state index < -0.39 is 28.3 Å². The number of hydrogen-bond donors (Lipinski definition) is 1. The predicted octanol–water partition coefficient (Wildman–Crippen LogP) is 3.82. The fourth-order valence-corrected chi connectivity index (χ4v) is 4.24. The van der Waals surface area contributed by atoms with E-state index in [-0.39, 0.29) is 11.6 Å². The second kappa shape index (κ2) is 8.02. The number of hydrogen-bond acceptors (Lipinski definition) is 5. The van der Waals surface area contributed by atoms with Crippen molar-refractivity contribution in [3.8, 4) is 0 Å². The molecule has 0 radical (unpaired) electrons. The molecule has 7 heteroatoms. The topological polar surface area (TPSA) is 98.5 Å². The first kappa shape index (κ1) is 20.3. The molecule has 156 valence electrons. The van der Waals surface area contributed by atoms with E-state index in [1.807, 2.05) is 30.3 Å². The number of carbonyl (C=O) groups excluding carboxylic acids is 2. The number of non-ortho nitro benzene ring substituents is 1. The Balaban J connectivity index is 1.78. The van der Waals surface area contributed by atoms with Crippen molar-refractivity contribution in [3.05, 3.63) is 112 Å². The van der Waals surface area contributed by atoms with E-state index in [1.54, 1.807) is 42.5 Å². The van der Waals surface area contributed by atoms with E-state index in [4.69, 9.17) is 4.74 Å². The van der Waals surface area contributed by atoms with Crippen LogP contribution in [-0.2, 0) is 9.53 Å². The predicted molar refractivity (Wildman–Crippen MR) is 114 cm³/mol. The van der Waals surface area contributed by atoms with Crippen LogP contribution in [0.4, 0.5) is 5.69 Å². The van der Waals surface area contributed by atoms with Gasteiger partial charge >= 0.3 is 5.97 Å². The molecule has 31 heavy (non-hydrogen) atoms. The molecule has 0 aliphatic heterocycles. The molecular weight excluding hydrogens is 396 g/mol. The largest absolute Gasteiger partial charge is 0.467 e. The van der Waals surface area contributed by atoms with E-state index in [2.05, 4.69) is 5.32 Å². The lowest BCUT2D eigenvalue weighted by Gasteiger charge is -2.18. The number of nitro benzene ring substituents is 1. The summed E-state index contributed by atoms with van der Waals surface area (Å²) >= 11 is 0. The van der Waals surface area contributed by atoms with Gasteiger partial charge in [-0.05, 0) is 23.3 Å². The van der Waals surface area contributed by atoms with Crippen molar-refractivity contribution in [1.29, 1.82) is 0 Å². The second-order valence-electron chi connectivity index (χ2n) is 7.40. The number of rotatable bonds is 6. The van der Waals surface area contributed by atoms with Crippen molar-refractivity contribution < 1.29 is 19.2 Å². The molecule has 3 aromatic carbocycles. The van der Waals surface area contributed by atoms with E-state index in [0.29, 0.717) is 11.1 Å². The summed E-state index contributed by atoms with van der Waals surface area (Å²) in [6.07, 6.45) is 0. The summed E-state index contributed by atoms with van der Waals surface area (Å²) < 4.78 is 5.12. The minimum Gasteiger partial charge on any atom is -0.467 e. The highest BCUT2D eigenvalue weighted by Gasteiger charge is 2.72. The lowest BCUT2D eigenvalue weighted by molar-refractivity contribution is -0.384. The molecule has 1 fully saturated rings. The van der Waals surface area contributed by atoms with Crippen LogP contribution in [0.25, 0.3) is 0 Å². The molecule has 0 saturated heterocycles. The second-order valence-corrected chi connectivity index (χ2v) is 7.40.